The molecule has 0 saturated carbocycles. The Labute approximate surface area is 113 Å². The molecule has 0 spiro atoms. The lowest BCUT2D eigenvalue weighted by molar-refractivity contribution is 0.460. The highest BCUT2D eigenvalue weighted by atomic mass is 14.9. The second kappa shape index (κ2) is 5.10. The van der Waals surface area contributed by atoms with Crippen LogP contribution in [-0.2, 0) is 12.8 Å². The van der Waals surface area contributed by atoms with Gasteiger partial charge in [-0.05, 0) is 44.2 Å². The predicted molar refractivity (Wildman–Crippen MR) is 76.8 cm³/mol. The number of rotatable bonds is 2. The zero-order chi connectivity index (χ0) is 13.2. The molecular weight excluding hydrogens is 234 g/mol. The fraction of sp³-hybridized carbons (Fsp3) is 0.375. The molecule has 1 aromatic heterocycles. The number of aryl methyl sites for hydroxylation is 2. The molecule has 1 atom stereocenters. The Kier molecular flexibility index (Phi) is 3.30. The van der Waals surface area contributed by atoms with Gasteiger partial charge in [-0.15, -0.1) is 0 Å². The van der Waals surface area contributed by atoms with Gasteiger partial charge in [0, 0.05) is 17.0 Å². The summed E-state index contributed by atoms with van der Waals surface area (Å²) in [7, 11) is 0. The van der Waals surface area contributed by atoms with Crippen LogP contribution in [0.3, 0.4) is 0 Å². The quantitative estimate of drug-likeness (QED) is 0.894. The molecule has 0 amide bonds. The van der Waals surface area contributed by atoms with Crippen LogP contribution in [0.5, 0.6) is 0 Å². The van der Waals surface area contributed by atoms with Crippen molar-refractivity contribution in [1.29, 1.82) is 0 Å². The van der Waals surface area contributed by atoms with Crippen molar-refractivity contribution in [3.63, 3.8) is 0 Å². The minimum Gasteiger partial charge on any atom is -0.330 e. The smallest absolute Gasteiger partial charge is 0.159 e. The van der Waals surface area contributed by atoms with E-state index in [9.17, 15) is 0 Å². The van der Waals surface area contributed by atoms with E-state index in [1.807, 2.05) is 18.2 Å². The van der Waals surface area contributed by atoms with Gasteiger partial charge in [-0.2, -0.15) is 0 Å². The summed E-state index contributed by atoms with van der Waals surface area (Å²) in [6, 6.07) is 10.2. The highest BCUT2D eigenvalue weighted by Gasteiger charge is 2.21. The monoisotopic (exact) mass is 253 g/mol. The highest BCUT2D eigenvalue weighted by Crippen LogP contribution is 2.27. The zero-order valence-corrected chi connectivity index (χ0v) is 11.3. The van der Waals surface area contributed by atoms with E-state index >= 15 is 0 Å². The number of hydrogen-bond donors (Lipinski definition) is 1. The number of fused-ring (bicyclic) bond motifs is 1. The van der Waals surface area contributed by atoms with Crippen molar-refractivity contribution in [1.82, 2.24) is 9.97 Å². The summed E-state index contributed by atoms with van der Waals surface area (Å²) in [6.07, 6.45) is 3.21. The molecule has 0 aliphatic heterocycles. The van der Waals surface area contributed by atoms with Gasteiger partial charge in [-0.25, -0.2) is 9.97 Å². The molecule has 98 valence electrons. The number of hydrogen-bond acceptors (Lipinski definition) is 3. The molecule has 3 rings (SSSR count). The lowest BCUT2D eigenvalue weighted by atomic mass is 9.86. The zero-order valence-electron chi connectivity index (χ0n) is 11.3. The fourth-order valence-corrected chi connectivity index (χ4v) is 2.78. The number of benzene rings is 1. The fourth-order valence-electron chi connectivity index (χ4n) is 2.78. The first-order valence-corrected chi connectivity index (χ1v) is 6.90. The average molecular weight is 253 g/mol. The molecule has 0 saturated heterocycles. The molecule has 1 unspecified atom stereocenters. The van der Waals surface area contributed by atoms with Gasteiger partial charge in [0.15, 0.2) is 5.82 Å². The first kappa shape index (κ1) is 12.3. The highest BCUT2D eigenvalue weighted by molar-refractivity contribution is 5.55. The van der Waals surface area contributed by atoms with Crippen LogP contribution in [0.25, 0.3) is 11.4 Å². The molecule has 1 aliphatic carbocycles. The molecule has 0 bridgehead atoms. The van der Waals surface area contributed by atoms with Gasteiger partial charge in [0.2, 0.25) is 0 Å². The molecular formula is C16H19N3. The topological polar surface area (TPSA) is 51.8 Å². The van der Waals surface area contributed by atoms with Gasteiger partial charge in [0.25, 0.3) is 0 Å². The molecule has 0 fully saturated rings. The second-order valence-corrected chi connectivity index (χ2v) is 5.27. The van der Waals surface area contributed by atoms with E-state index in [4.69, 9.17) is 10.7 Å². The predicted octanol–water partition coefficient (Wildman–Crippen LogP) is 2.52. The Hall–Kier alpha value is -1.74. The van der Waals surface area contributed by atoms with Gasteiger partial charge in [0.05, 0.1) is 0 Å². The van der Waals surface area contributed by atoms with E-state index in [1.165, 1.54) is 11.3 Å². The molecule has 1 heterocycles. The number of aromatic nitrogens is 2. The average Bonchev–Trinajstić information content (AvgIpc) is 2.48. The van der Waals surface area contributed by atoms with E-state index in [-0.39, 0.29) is 0 Å². The minimum absolute atomic E-state index is 0.595. The first-order chi connectivity index (χ1) is 9.28. The molecule has 2 N–H and O–H groups in total. The molecule has 2 aromatic rings. The van der Waals surface area contributed by atoms with E-state index in [0.717, 1.165) is 42.9 Å². The van der Waals surface area contributed by atoms with Crippen molar-refractivity contribution >= 4 is 0 Å². The summed E-state index contributed by atoms with van der Waals surface area (Å²) in [4.78, 5) is 9.43. The second-order valence-electron chi connectivity index (χ2n) is 5.27. The van der Waals surface area contributed by atoms with Gasteiger partial charge >= 0.3 is 0 Å². The third-order valence-corrected chi connectivity index (χ3v) is 3.95. The molecule has 1 aliphatic rings. The molecule has 3 heteroatoms. The maximum absolute atomic E-state index is 5.79. The summed E-state index contributed by atoms with van der Waals surface area (Å²) in [6.45, 7) is 2.85. The lowest BCUT2D eigenvalue weighted by Crippen LogP contribution is -2.24. The van der Waals surface area contributed by atoms with Crippen molar-refractivity contribution in [2.75, 3.05) is 6.54 Å². The third-order valence-electron chi connectivity index (χ3n) is 3.95. The van der Waals surface area contributed by atoms with E-state index in [2.05, 4.69) is 24.0 Å². The SMILES string of the molecule is Cc1nc(-c2ccccc2)nc2c1CC(CN)CC2. The summed E-state index contributed by atoms with van der Waals surface area (Å²) < 4.78 is 0. The molecule has 19 heavy (non-hydrogen) atoms. The van der Waals surface area contributed by atoms with Crippen LogP contribution in [0.4, 0.5) is 0 Å². The van der Waals surface area contributed by atoms with Gasteiger partial charge in [-0.1, -0.05) is 30.3 Å². The van der Waals surface area contributed by atoms with Gasteiger partial charge < -0.3 is 5.73 Å². The third kappa shape index (κ3) is 2.38. The maximum atomic E-state index is 5.79. The molecule has 1 aromatic carbocycles. The van der Waals surface area contributed by atoms with Crippen LogP contribution < -0.4 is 5.73 Å². The Morgan fingerprint density at radius 2 is 2.00 bits per heavy atom. The Morgan fingerprint density at radius 1 is 1.21 bits per heavy atom. The van der Waals surface area contributed by atoms with E-state index < -0.39 is 0 Å². The minimum atomic E-state index is 0.595. The van der Waals surface area contributed by atoms with Crippen molar-refractivity contribution in [3.8, 4) is 11.4 Å². The Balaban J connectivity index is 2.01. The Morgan fingerprint density at radius 3 is 2.74 bits per heavy atom. The van der Waals surface area contributed by atoms with Crippen LogP contribution in [0.15, 0.2) is 30.3 Å². The Bertz CT molecular complexity index is 578. The summed E-state index contributed by atoms with van der Waals surface area (Å²) in [5.74, 6) is 1.44. The molecule has 0 radical (unpaired) electrons. The maximum Gasteiger partial charge on any atom is 0.159 e. The van der Waals surface area contributed by atoms with Crippen molar-refractivity contribution in [2.45, 2.75) is 26.2 Å². The van der Waals surface area contributed by atoms with Gasteiger partial charge in [-0.3, -0.25) is 0 Å². The standard InChI is InChI=1S/C16H19N3/c1-11-14-9-12(10-17)7-8-15(14)19-16(18-11)13-5-3-2-4-6-13/h2-6,12H,7-10,17H2,1H3. The van der Waals surface area contributed by atoms with E-state index in [0.29, 0.717) is 5.92 Å². The largest absolute Gasteiger partial charge is 0.330 e. The summed E-state index contributed by atoms with van der Waals surface area (Å²) in [5.41, 5.74) is 10.5. The summed E-state index contributed by atoms with van der Waals surface area (Å²) >= 11 is 0. The van der Waals surface area contributed by atoms with Crippen LogP contribution in [-0.4, -0.2) is 16.5 Å². The number of nitrogens with two attached hydrogens (primary N) is 1. The van der Waals surface area contributed by atoms with Crippen molar-refractivity contribution in [2.24, 2.45) is 11.7 Å². The first-order valence-electron chi connectivity index (χ1n) is 6.90. The normalized spacial score (nSPS) is 18.1. The van der Waals surface area contributed by atoms with Gasteiger partial charge in [0.1, 0.15) is 0 Å². The summed E-state index contributed by atoms with van der Waals surface area (Å²) in [5, 5.41) is 0. The van der Waals surface area contributed by atoms with Crippen LogP contribution in [0, 0.1) is 12.8 Å². The number of nitrogens with zero attached hydrogens (tertiary/aromatic N) is 2. The van der Waals surface area contributed by atoms with E-state index in [1.54, 1.807) is 0 Å². The van der Waals surface area contributed by atoms with Crippen molar-refractivity contribution in [3.05, 3.63) is 47.3 Å². The van der Waals surface area contributed by atoms with Crippen molar-refractivity contribution < 1.29 is 0 Å². The van der Waals surface area contributed by atoms with Crippen LogP contribution in [0.1, 0.15) is 23.4 Å². The van der Waals surface area contributed by atoms with Crippen LogP contribution in [0.2, 0.25) is 0 Å². The van der Waals surface area contributed by atoms with Crippen LogP contribution >= 0.6 is 0 Å². The lowest BCUT2D eigenvalue weighted by Gasteiger charge is -2.24. The molecule has 3 nitrogen and oxygen atoms in total.